The predicted octanol–water partition coefficient (Wildman–Crippen LogP) is 1.76. The summed E-state index contributed by atoms with van der Waals surface area (Å²) in [6.45, 7) is 9.67. The van der Waals surface area contributed by atoms with Crippen LogP contribution >= 0.6 is 0 Å². The largest absolute Gasteiger partial charge is 0.462 e. The minimum absolute atomic E-state index is 0.179. The second-order valence-electron chi connectivity index (χ2n) is 4.01. The quantitative estimate of drug-likeness (QED) is 0.525. The summed E-state index contributed by atoms with van der Waals surface area (Å²) in [5, 5.41) is 8.83. The number of carbonyl (C=O) groups excluding carboxylic acids is 1. The summed E-state index contributed by atoms with van der Waals surface area (Å²) in [5.41, 5.74) is 0.424. The molecule has 0 amide bonds. The fourth-order valence-corrected chi connectivity index (χ4v) is 1.17. The van der Waals surface area contributed by atoms with Crippen molar-refractivity contribution in [2.24, 2.45) is 11.8 Å². The number of aliphatic hydroxyl groups excluding tert-OH is 1. The summed E-state index contributed by atoms with van der Waals surface area (Å²) >= 11 is 0. The van der Waals surface area contributed by atoms with E-state index in [-0.39, 0.29) is 24.4 Å². The molecule has 0 aromatic rings. The Hall–Kier alpha value is -0.830. The first kappa shape index (κ1) is 13.2. The van der Waals surface area contributed by atoms with E-state index in [0.29, 0.717) is 12.2 Å². The Morgan fingerprint density at radius 3 is 2.43 bits per heavy atom. The van der Waals surface area contributed by atoms with E-state index in [1.54, 1.807) is 6.92 Å². The predicted molar refractivity (Wildman–Crippen MR) is 55.8 cm³/mol. The van der Waals surface area contributed by atoms with Crippen LogP contribution in [-0.4, -0.2) is 24.3 Å². The van der Waals surface area contributed by atoms with Crippen LogP contribution in [0.25, 0.3) is 0 Å². The molecule has 0 spiro atoms. The van der Waals surface area contributed by atoms with E-state index in [9.17, 15) is 4.79 Å². The van der Waals surface area contributed by atoms with E-state index in [0.717, 1.165) is 6.42 Å². The Labute approximate surface area is 85.8 Å². The van der Waals surface area contributed by atoms with Crippen molar-refractivity contribution in [3.63, 3.8) is 0 Å². The Bertz CT molecular complexity index is 199. The Morgan fingerprint density at radius 2 is 2.00 bits per heavy atom. The van der Waals surface area contributed by atoms with Gasteiger partial charge in [-0.25, -0.2) is 4.79 Å². The van der Waals surface area contributed by atoms with Crippen LogP contribution in [0.2, 0.25) is 0 Å². The van der Waals surface area contributed by atoms with Gasteiger partial charge in [0.1, 0.15) is 0 Å². The number of ether oxygens (including phenoxy) is 1. The van der Waals surface area contributed by atoms with Gasteiger partial charge in [0.15, 0.2) is 0 Å². The second-order valence-corrected chi connectivity index (χ2v) is 4.01. The van der Waals surface area contributed by atoms with Crippen molar-refractivity contribution in [1.82, 2.24) is 0 Å². The molecule has 0 radical (unpaired) electrons. The number of aliphatic hydroxyl groups is 1. The van der Waals surface area contributed by atoms with Crippen molar-refractivity contribution in [3.8, 4) is 0 Å². The summed E-state index contributed by atoms with van der Waals surface area (Å²) in [7, 11) is 0. The molecule has 0 saturated carbocycles. The van der Waals surface area contributed by atoms with Gasteiger partial charge in [0, 0.05) is 12.2 Å². The van der Waals surface area contributed by atoms with Crippen molar-refractivity contribution in [2.45, 2.75) is 27.2 Å². The maximum Gasteiger partial charge on any atom is 0.333 e. The summed E-state index contributed by atoms with van der Waals surface area (Å²) in [4.78, 5) is 11.0. The molecule has 14 heavy (non-hydrogen) atoms. The molecule has 0 bridgehead atoms. The normalized spacial score (nSPS) is 14.6. The van der Waals surface area contributed by atoms with Crippen LogP contribution in [0.3, 0.4) is 0 Å². The first-order valence-corrected chi connectivity index (χ1v) is 4.90. The fraction of sp³-hybridized carbons (Fsp3) is 0.727. The van der Waals surface area contributed by atoms with Crippen molar-refractivity contribution >= 4 is 5.97 Å². The van der Waals surface area contributed by atoms with Crippen LogP contribution in [0.1, 0.15) is 27.2 Å². The minimum atomic E-state index is -0.339. The molecule has 0 heterocycles. The monoisotopic (exact) mass is 200 g/mol. The van der Waals surface area contributed by atoms with E-state index in [4.69, 9.17) is 9.84 Å². The van der Waals surface area contributed by atoms with E-state index in [1.807, 2.05) is 13.8 Å². The summed E-state index contributed by atoms with van der Waals surface area (Å²) < 4.78 is 4.99. The summed E-state index contributed by atoms with van der Waals surface area (Å²) in [5.74, 6) is 0.197. The number of carbonyl (C=O) groups is 1. The molecule has 3 heteroatoms. The zero-order valence-electron chi connectivity index (χ0n) is 9.25. The third kappa shape index (κ3) is 5.75. The van der Waals surface area contributed by atoms with Crippen molar-refractivity contribution in [3.05, 3.63) is 12.2 Å². The highest BCUT2D eigenvalue weighted by molar-refractivity contribution is 5.86. The van der Waals surface area contributed by atoms with Gasteiger partial charge in [0.25, 0.3) is 0 Å². The van der Waals surface area contributed by atoms with E-state index >= 15 is 0 Å². The zero-order valence-corrected chi connectivity index (χ0v) is 9.25. The van der Waals surface area contributed by atoms with Gasteiger partial charge in [-0.05, 0) is 25.2 Å². The lowest BCUT2D eigenvalue weighted by atomic mass is 9.99. The molecule has 0 aromatic carbocycles. The minimum Gasteiger partial charge on any atom is -0.462 e. The molecule has 0 saturated heterocycles. The smallest absolute Gasteiger partial charge is 0.333 e. The van der Waals surface area contributed by atoms with Gasteiger partial charge in [-0.15, -0.1) is 0 Å². The first-order chi connectivity index (χ1) is 6.47. The van der Waals surface area contributed by atoms with Gasteiger partial charge >= 0.3 is 5.97 Å². The highest BCUT2D eigenvalue weighted by atomic mass is 16.5. The third-order valence-corrected chi connectivity index (χ3v) is 1.96. The van der Waals surface area contributed by atoms with Crippen LogP contribution in [0.4, 0.5) is 0 Å². The number of rotatable bonds is 6. The number of esters is 1. The molecule has 0 aliphatic rings. The van der Waals surface area contributed by atoms with Gasteiger partial charge in [0.2, 0.25) is 0 Å². The Morgan fingerprint density at radius 1 is 1.43 bits per heavy atom. The molecule has 0 fully saturated rings. The lowest BCUT2D eigenvalue weighted by Crippen LogP contribution is -2.15. The van der Waals surface area contributed by atoms with Crippen molar-refractivity contribution < 1.29 is 14.6 Å². The molecular weight excluding hydrogens is 180 g/mol. The fourth-order valence-electron chi connectivity index (χ4n) is 1.17. The van der Waals surface area contributed by atoms with Crippen LogP contribution in [0.5, 0.6) is 0 Å². The molecule has 0 aliphatic heterocycles. The van der Waals surface area contributed by atoms with E-state index in [1.165, 1.54) is 0 Å². The maximum absolute atomic E-state index is 11.0. The number of hydrogen-bond donors (Lipinski definition) is 1. The highest BCUT2D eigenvalue weighted by Gasteiger charge is 2.10. The molecule has 82 valence electrons. The summed E-state index contributed by atoms with van der Waals surface area (Å²) in [6.07, 6.45) is 0.861. The van der Waals surface area contributed by atoms with E-state index in [2.05, 4.69) is 6.58 Å². The second kappa shape index (κ2) is 6.60. The molecule has 2 unspecified atom stereocenters. The Balaban J connectivity index is 3.68. The zero-order chi connectivity index (χ0) is 11.1. The van der Waals surface area contributed by atoms with Crippen LogP contribution in [0, 0.1) is 11.8 Å². The molecule has 2 atom stereocenters. The third-order valence-electron chi connectivity index (χ3n) is 1.96. The average molecular weight is 200 g/mol. The van der Waals surface area contributed by atoms with Crippen molar-refractivity contribution in [2.75, 3.05) is 13.2 Å². The van der Waals surface area contributed by atoms with Gasteiger partial charge in [-0.2, -0.15) is 0 Å². The molecule has 0 aliphatic carbocycles. The molecule has 0 aromatic heterocycles. The lowest BCUT2D eigenvalue weighted by Gasteiger charge is -2.15. The molecule has 1 N–H and O–H groups in total. The standard InChI is InChI=1S/C11H20O3/c1-8(2)11(13)14-7-10(4)5-9(3)6-12/h9-10,12H,1,5-7H2,2-4H3. The van der Waals surface area contributed by atoms with Gasteiger partial charge in [-0.3, -0.25) is 0 Å². The summed E-state index contributed by atoms with van der Waals surface area (Å²) in [6, 6.07) is 0. The molecule has 3 nitrogen and oxygen atoms in total. The number of hydrogen-bond acceptors (Lipinski definition) is 3. The lowest BCUT2D eigenvalue weighted by molar-refractivity contribution is -0.140. The van der Waals surface area contributed by atoms with Crippen molar-refractivity contribution in [1.29, 1.82) is 0 Å². The van der Waals surface area contributed by atoms with Gasteiger partial charge in [-0.1, -0.05) is 20.4 Å². The Kier molecular flexibility index (Phi) is 6.21. The highest BCUT2D eigenvalue weighted by Crippen LogP contribution is 2.11. The SMILES string of the molecule is C=C(C)C(=O)OCC(C)CC(C)CO. The first-order valence-electron chi connectivity index (χ1n) is 4.90. The van der Waals surface area contributed by atoms with Gasteiger partial charge < -0.3 is 9.84 Å². The van der Waals surface area contributed by atoms with Crippen LogP contribution < -0.4 is 0 Å². The molecular formula is C11H20O3. The van der Waals surface area contributed by atoms with Gasteiger partial charge in [0.05, 0.1) is 6.61 Å². The van der Waals surface area contributed by atoms with Crippen LogP contribution in [-0.2, 0) is 9.53 Å². The van der Waals surface area contributed by atoms with E-state index < -0.39 is 0 Å². The molecule has 0 rings (SSSR count). The van der Waals surface area contributed by atoms with Crippen LogP contribution in [0.15, 0.2) is 12.2 Å². The topological polar surface area (TPSA) is 46.5 Å². The average Bonchev–Trinajstić information content (AvgIpc) is 2.13. The maximum atomic E-state index is 11.0.